The molecular formula is C17H21N3O. The summed E-state index contributed by atoms with van der Waals surface area (Å²) in [4.78, 5) is 21.1. The van der Waals surface area contributed by atoms with Crippen molar-refractivity contribution in [3.63, 3.8) is 0 Å². The SMILES string of the molecule is Cc1cc(C)nc(N2CCC(c3cc[nH]c(=O)c3)CC2)c1. The van der Waals surface area contributed by atoms with Crippen LogP contribution >= 0.6 is 0 Å². The molecule has 1 aliphatic heterocycles. The van der Waals surface area contributed by atoms with Gasteiger partial charge in [0.2, 0.25) is 5.56 Å². The van der Waals surface area contributed by atoms with Crippen LogP contribution in [0, 0.1) is 13.8 Å². The van der Waals surface area contributed by atoms with Crippen LogP contribution in [0.3, 0.4) is 0 Å². The van der Waals surface area contributed by atoms with E-state index in [4.69, 9.17) is 0 Å². The highest BCUT2D eigenvalue weighted by Crippen LogP contribution is 2.29. The van der Waals surface area contributed by atoms with E-state index in [0.717, 1.165) is 43.0 Å². The zero-order valence-electron chi connectivity index (χ0n) is 12.6. The summed E-state index contributed by atoms with van der Waals surface area (Å²) in [6.45, 7) is 6.14. The number of aromatic amines is 1. The molecule has 0 unspecified atom stereocenters. The van der Waals surface area contributed by atoms with Gasteiger partial charge >= 0.3 is 0 Å². The lowest BCUT2D eigenvalue weighted by Gasteiger charge is -2.33. The molecular weight excluding hydrogens is 262 g/mol. The number of anilines is 1. The Kier molecular flexibility index (Phi) is 3.78. The number of aryl methyl sites for hydroxylation is 2. The summed E-state index contributed by atoms with van der Waals surface area (Å²) in [6.07, 6.45) is 3.88. The molecule has 2 aromatic heterocycles. The van der Waals surface area contributed by atoms with E-state index < -0.39 is 0 Å². The summed E-state index contributed by atoms with van der Waals surface area (Å²) in [5.74, 6) is 1.56. The van der Waals surface area contributed by atoms with Gasteiger partial charge in [-0.1, -0.05) is 0 Å². The van der Waals surface area contributed by atoms with Crippen LogP contribution in [-0.2, 0) is 0 Å². The average molecular weight is 283 g/mol. The van der Waals surface area contributed by atoms with E-state index in [1.807, 2.05) is 13.0 Å². The quantitative estimate of drug-likeness (QED) is 0.922. The van der Waals surface area contributed by atoms with Crippen molar-refractivity contribution < 1.29 is 0 Å². The maximum absolute atomic E-state index is 11.4. The van der Waals surface area contributed by atoms with Crippen LogP contribution in [0.15, 0.2) is 35.3 Å². The zero-order chi connectivity index (χ0) is 14.8. The molecule has 4 heteroatoms. The predicted octanol–water partition coefficient (Wildman–Crippen LogP) is 2.77. The molecule has 0 atom stereocenters. The van der Waals surface area contributed by atoms with Gasteiger partial charge < -0.3 is 9.88 Å². The normalized spacial score (nSPS) is 16.2. The maximum Gasteiger partial charge on any atom is 0.248 e. The van der Waals surface area contributed by atoms with E-state index >= 15 is 0 Å². The lowest BCUT2D eigenvalue weighted by Crippen LogP contribution is -2.33. The molecule has 0 radical (unpaired) electrons. The highest BCUT2D eigenvalue weighted by Gasteiger charge is 2.21. The molecule has 2 aromatic rings. The number of H-pyrrole nitrogens is 1. The molecule has 4 nitrogen and oxygen atoms in total. The number of nitrogens with one attached hydrogen (secondary N) is 1. The molecule has 110 valence electrons. The summed E-state index contributed by atoms with van der Waals surface area (Å²) < 4.78 is 0. The number of aromatic nitrogens is 2. The molecule has 3 rings (SSSR count). The Morgan fingerprint density at radius 2 is 1.95 bits per heavy atom. The first-order valence-corrected chi connectivity index (χ1v) is 7.51. The predicted molar refractivity (Wildman–Crippen MR) is 85.0 cm³/mol. The Morgan fingerprint density at radius 1 is 1.19 bits per heavy atom. The van der Waals surface area contributed by atoms with Gasteiger partial charge in [0, 0.05) is 31.0 Å². The first-order chi connectivity index (χ1) is 10.1. The molecule has 0 amide bonds. The number of pyridine rings is 2. The van der Waals surface area contributed by atoms with Crippen LogP contribution < -0.4 is 10.5 Å². The van der Waals surface area contributed by atoms with Crippen LogP contribution in [0.1, 0.15) is 35.6 Å². The van der Waals surface area contributed by atoms with Gasteiger partial charge in [0.1, 0.15) is 5.82 Å². The summed E-state index contributed by atoms with van der Waals surface area (Å²) in [7, 11) is 0. The fourth-order valence-electron chi connectivity index (χ4n) is 3.14. The van der Waals surface area contributed by atoms with Crippen molar-refractivity contribution in [2.45, 2.75) is 32.6 Å². The van der Waals surface area contributed by atoms with Crippen LogP contribution in [0.25, 0.3) is 0 Å². The van der Waals surface area contributed by atoms with Gasteiger partial charge in [-0.2, -0.15) is 0 Å². The van der Waals surface area contributed by atoms with Gasteiger partial charge in [0.05, 0.1) is 0 Å². The van der Waals surface area contributed by atoms with Gasteiger partial charge in [-0.05, 0) is 61.9 Å². The summed E-state index contributed by atoms with van der Waals surface area (Å²) >= 11 is 0. The first kappa shape index (κ1) is 13.9. The van der Waals surface area contributed by atoms with Crippen LogP contribution in [0.5, 0.6) is 0 Å². The molecule has 0 aliphatic carbocycles. The van der Waals surface area contributed by atoms with Crippen molar-refractivity contribution in [1.29, 1.82) is 0 Å². The van der Waals surface area contributed by atoms with Crippen molar-refractivity contribution in [1.82, 2.24) is 9.97 Å². The maximum atomic E-state index is 11.4. The highest BCUT2D eigenvalue weighted by molar-refractivity contribution is 5.43. The number of rotatable bonds is 2. The Bertz CT molecular complexity index is 664. The lowest BCUT2D eigenvalue weighted by atomic mass is 9.90. The van der Waals surface area contributed by atoms with Crippen LogP contribution in [0.4, 0.5) is 5.82 Å². The minimum absolute atomic E-state index is 0.00842. The van der Waals surface area contributed by atoms with E-state index in [1.165, 1.54) is 5.56 Å². The van der Waals surface area contributed by atoms with Gasteiger partial charge in [0.15, 0.2) is 0 Å². The fraction of sp³-hybridized carbons (Fsp3) is 0.412. The molecule has 0 bridgehead atoms. The number of nitrogens with zero attached hydrogens (tertiary/aromatic N) is 2. The van der Waals surface area contributed by atoms with E-state index in [0.29, 0.717) is 5.92 Å². The van der Waals surface area contributed by atoms with Gasteiger partial charge in [-0.15, -0.1) is 0 Å². The highest BCUT2D eigenvalue weighted by atomic mass is 16.1. The van der Waals surface area contributed by atoms with Gasteiger partial charge in [-0.3, -0.25) is 4.79 Å². The van der Waals surface area contributed by atoms with Crippen molar-refractivity contribution in [3.05, 3.63) is 57.6 Å². The molecule has 1 aliphatic rings. The smallest absolute Gasteiger partial charge is 0.248 e. The zero-order valence-corrected chi connectivity index (χ0v) is 12.6. The van der Waals surface area contributed by atoms with Crippen LogP contribution in [0.2, 0.25) is 0 Å². The van der Waals surface area contributed by atoms with E-state index in [-0.39, 0.29) is 5.56 Å². The first-order valence-electron chi connectivity index (χ1n) is 7.51. The fourth-order valence-corrected chi connectivity index (χ4v) is 3.14. The molecule has 0 saturated carbocycles. The Labute approximate surface area is 124 Å². The van der Waals surface area contributed by atoms with E-state index in [1.54, 1.807) is 12.3 Å². The van der Waals surface area contributed by atoms with Crippen LogP contribution in [-0.4, -0.2) is 23.1 Å². The molecule has 21 heavy (non-hydrogen) atoms. The summed E-state index contributed by atoms with van der Waals surface area (Å²) in [5.41, 5.74) is 3.48. The molecule has 0 spiro atoms. The van der Waals surface area contributed by atoms with Crippen molar-refractivity contribution in [2.75, 3.05) is 18.0 Å². The second kappa shape index (κ2) is 5.72. The third-order valence-electron chi connectivity index (χ3n) is 4.17. The van der Waals surface area contributed by atoms with Crippen molar-refractivity contribution in [2.24, 2.45) is 0 Å². The molecule has 1 saturated heterocycles. The number of hydrogen-bond acceptors (Lipinski definition) is 3. The molecule has 3 heterocycles. The Morgan fingerprint density at radius 3 is 2.62 bits per heavy atom. The lowest BCUT2D eigenvalue weighted by molar-refractivity contribution is 0.502. The second-order valence-corrected chi connectivity index (χ2v) is 5.89. The average Bonchev–Trinajstić information content (AvgIpc) is 2.46. The molecule has 1 N–H and O–H groups in total. The van der Waals surface area contributed by atoms with Crippen molar-refractivity contribution in [3.8, 4) is 0 Å². The Balaban J connectivity index is 1.71. The standard InChI is InChI=1S/C17H21N3O/c1-12-9-13(2)19-16(10-12)20-7-4-14(5-8-20)15-3-6-18-17(21)11-15/h3,6,9-11,14H,4-5,7-8H2,1-2H3,(H,18,21). The largest absolute Gasteiger partial charge is 0.357 e. The monoisotopic (exact) mass is 283 g/mol. The number of hydrogen-bond donors (Lipinski definition) is 1. The molecule has 1 fully saturated rings. The minimum Gasteiger partial charge on any atom is -0.357 e. The third-order valence-corrected chi connectivity index (χ3v) is 4.17. The Hall–Kier alpha value is -2.10. The second-order valence-electron chi connectivity index (χ2n) is 5.89. The van der Waals surface area contributed by atoms with Gasteiger partial charge in [0.25, 0.3) is 0 Å². The summed E-state index contributed by atoms with van der Waals surface area (Å²) in [5, 5.41) is 0. The minimum atomic E-state index is -0.00842. The topological polar surface area (TPSA) is 49.0 Å². The third kappa shape index (κ3) is 3.15. The van der Waals surface area contributed by atoms with E-state index in [2.05, 4.69) is 33.9 Å². The van der Waals surface area contributed by atoms with Crippen molar-refractivity contribution >= 4 is 5.82 Å². The number of piperidine rings is 1. The molecule has 0 aromatic carbocycles. The van der Waals surface area contributed by atoms with E-state index in [9.17, 15) is 4.79 Å². The van der Waals surface area contributed by atoms with Gasteiger partial charge in [-0.25, -0.2) is 4.98 Å². The summed E-state index contributed by atoms with van der Waals surface area (Å²) in [6, 6.07) is 8.01.